The summed E-state index contributed by atoms with van der Waals surface area (Å²) in [6.07, 6.45) is 0. The zero-order valence-electron chi connectivity index (χ0n) is 23.4. The quantitative estimate of drug-likeness (QED) is 0.109. The van der Waals surface area contributed by atoms with E-state index in [0.29, 0.717) is 44.5 Å². The maximum absolute atomic E-state index is 11.8. The summed E-state index contributed by atoms with van der Waals surface area (Å²) in [5, 5.41) is -0.838. The minimum absolute atomic E-state index is 0.209. The predicted molar refractivity (Wildman–Crippen MR) is 175 cm³/mol. The van der Waals surface area contributed by atoms with Crippen LogP contribution in [0.5, 0.6) is 0 Å². The van der Waals surface area contributed by atoms with Crippen LogP contribution in [0.4, 0.5) is 0 Å². The molecule has 16 heteroatoms. The van der Waals surface area contributed by atoms with Crippen LogP contribution in [0.2, 0.25) is 0 Å². The Balaban J connectivity index is 1.81. The summed E-state index contributed by atoms with van der Waals surface area (Å²) in [6, 6.07) is 25.8. The SMILES string of the molecule is O=P(O)(O)c1ccc(-c2cc(-c3ccc(P(=O)(O)O)cc3)c(-c3ccc(P(=O)(O)O)cc3)cc2-c2ccc(P(=O)(O)O)cc2)cc1. The highest BCUT2D eigenvalue weighted by atomic mass is 31.2. The third-order valence-electron chi connectivity index (χ3n) is 7.22. The number of hydrogen-bond donors (Lipinski definition) is 8. The second-order valence-corrected chi connectivity index (χ2v) is 16.7. The highest BCUT2D eigenvalue weighted by Gasteiger charge is 2.23. The molecule has 238 valence electrons. The van der Waals surface area contributed by atoms with Crippen LogP contribution in [0.25, 0.3) is 44.5 Å². The summed E-state index contributed by atoms with van der Waals surface area (Å²) in [6.45, 7) is 0. The zero-order valence-corrected chi connectivity index (χ0v) is 27.0. The van der Waals surface area contributed by atoms with Gasteiger partial charge in [0.05, 0.1) is 21.2 Å². The third-order valence-corrected chi connectivity index (χ3v) is 11.1. The fraction of sp³-hybridized carbons (Fsp3) is 0. The molecule has 0 atom stereocenters. The molecule has 0 aliphatic rings. The summed E-state index contributed by atoms with van der Waals surface area (Å²) < 4.78 is 47.3. The van der Waals surface area contributed by atoms with Gasteiger partial charge in [-0.2, -0.15) is 0 Å². The molecule has 12 nitrogen and oxygen atoms in total. The lowest BCUT2D eigenvalue weighted by Gasteiger charge is -2.19. The first-order chi connectivity index (χ1) is 21.3. The molecule has 0 heterocycles. The number of hydrogen-bond acceptors (Lipinski definition) is 4. The van der Waals surface area contributed by atoms with Gasteiger partial charge in [0.1, 0.15) is 0 Å². The molecule has 0 aliphatic heterocycles. The van der Waals surface area contributed by atoms with Gasteiger partial charge in [-0.3, -0.25) is 18.3 Å². The molecule has 5 aromatic rings. The molecule has 8 N–H and O–H groups in total. The van der Waals surface area contributed by atoms with Crippen LogP contribution in [0, 0.1) is 0 Å². The summed E-state index contributed by atoms with van der Waals surface area (Å²) >= 11 is 0. The fourth-order valence-corrected chi connectivity index (χ4v) is 7.05. The number of benzene rings is 5. The second kappa shape index (κ2) is 12.4. The van der Waals surface area contributed by atoms with Crippen molar-refractivity contribution in [3.8, 4) is 44.5 Å². The molecule has 0 saturated carbocycles. The Labute approximate surface area is 262 Å². The normalized spacial score (nSPS) is 12.7. The molecule has 0 saturated heterocycles. The summed E-state index contributed by atoms with van der Waals surface area (Å²) in [5.41, 5.74) is 4.20. The lowest BCUT2D eigenvalue weighted by atomic mass is 9.85. The molecule has 0 unspecified atom stereocenters. The summed E-state index contributed by atoms with van der Waals surface area (Å²) in [4.78, 5) is 77.0. The monoisotopic (exact) mass is 702 g/mol. The Morgan fingerprint density at radius 2 is 0.435 bits per heavy atom. The molecule has 0 spiro atoms. The first kappa shape index (κ1) is 34.0. The van der Waals surface area contributed by atoms with E-state index in [2.05, 4.69) is 0 Å². The van der Waals surface area contributed by atoms with Crippen LogP contribution in [-0.2, 0) is 18.3 Å². The molecular weight excluding hydrogens is 676 g/mol. The van der Waals surface area contributed by atoms with Gasteiger partial charge in [0.2, 0.25) is 0 Å². The zero-order chi connectivity index (χ0) is 33.7. The van der Waals surface area contributed by atoms with E-state index in [9.17, 15) is 57.4 Å². The second-order valence-electron chi connectivity index (χ2n) is 10.3. The Hall–Kier alpha value is -3.30. The van der Waals surface area contributed by atoms with Crippen molar-refractivity contribution in [1.82, 2.24) is 0 Å². The van der Waals surface area contributed by atoms with Gasteiger partial charge >= 0.3 is 30.4 Å². The molecule has 0 aromatic heterocycles. The lowest BCUT2D eigenvalue weighted by molar-refractivity contribution is 0.385. The molecule has 5 aromatic carbocycles. The molecule has 0 aliphatic carbocycles. The molecule has 0 fully saturated rings. The van der Waals surface area contributed by atoms with Gasteiger partial charge in [-0.05, 0) is 105 Å². The predicted octanol–water partition coefficient (Wildman–Crippen LogP) is 3.57. The van der Waals surface area contributed by atoms with Crippen LogP contribution < -0.4 is 21.2 Å². The van der Waals surface area contributed by atoms with Gasteiger partial charge in [0.25, 0.3) is 0 Å². The van der Waals surface area contributed by atoms with Crippen molar-refractivity contribution in [3.05, 3.63) is 109 Å². The first-order valence-electron chi connectivity index (χ1n) is 13.2. The Kier molecular flexibility index (Phi) is 9.16. The minimum Gasteiger partial charge on any atom is -0.321 e. The van der Waals surface area contributed by atoms with E-state index < -0.39 is 30.4 Å². The van der Waals surface area contributed by atoms with Crippen molar-refractivity contribution < 1.29 is 57.4 Å². The van der Waals surface area contributed by atoms with Gasteiger partial charge in [0.15, 0.2) is 0 Å². The molecule has 0 radical (unpaired) electrons. The van der Waals surface area contributed by atoms with Crippen molar-refractivity contribution in [2.24, 2.45) is 0 Å². The number of rotatable bonds is 8. The van der Waals surface area contributed by atoms with Crippen LogP contribution in [-0.4, -0.2) is 39.1 Å². The molecule has 5 rings (SSSR count). The van der Waals surface area contributed by atoms with Gasteiger partial charge < -0.3 is 39.1 Å². The van der Waals surface area contributed by atoms with Gasteiger partial charge in [-0.25, -0.2) is 0 Å². The average molecular weight is 702 g/mol. The lowest BCUT2D eigenvalue weighted by Crippen LogP contribution is -2.04. The Bertz CT molecular complexity index is 1800. The highest BCUT2D eigenvalue weighted by molar-refractivity contribution is 7.61. The molecule has 46 heavy (non-hydrogen) atoms. The van der Waals surface area contributed by atoms with E-state index in [0.717, 1.165) is 0 Å². The van der Waals surface area contributed by atoms with Gasteiger partial charge in [-0.15, -0.1) is 0 Å². The van der Waals surface area contributed by atoms with E-state index in [1.54, 1.807) is 12.1 Å². The van der Waals surface area contributed by atoms with E-state index in [1.807, 2.05) is 0 Å². The van der Waals surface area contributed by atoms with Crippen molar-refractivity contribution in [2.75, 3.05) is 0 Å². The smallest absolute Gasteiger partial charge is 0.321 e. The van der Waals surface area contributed by atoms with Crippen LogP contribution in [0.15, 0.2) is 109 Å². The molecule has 0 bridgehead atoms. The van der Waals surface area contributed by atoms with Gasteiger partial charge in [0, 0.05) is 0 Å². The van der Waals surface area contributed by atoms with Crippen molar-refractivity contribution in [3.63, 3.8) is 0 Å². The summed E-state index contributed by atoms with van der Waals surface area (Å²) in [7, 11) is -18.2. The van der Waals surface area contributed by atoms with Crippen molar-refractivity contribution in [1.29, 1.82) is 0 Å². The molecule has 0 amide bonds. The first-order valence-corrected chi connectivity index (χ1v) is 19.6. The largest absolute Gasteiger partial charge is 0.356 e. The minimum atomic E-state index is -4.55. The van der Waals surface area contributed by atoms with E-state index in [4.69, 9.17) is 0 Å². The average Bonchev–Trinajstić information content (AvgIpc) is 2.99. The maximum atomic E-state index is 11.8. The maximum Gasteiger partial charge on any atom is 0.356 e. The van der Waals surface area contributed by atoms with Crippen LogP contribution >= 0.6 is 30.4 Å². The fourth-order valence-electron chi connectivity index (χ4n) is 4.90. The Morgan fingerprint density at radius 1 is 0.283 bits per heavy atom. The highest BCUT2D eigenvalue weighted by Crippen LogP contribution is 2.44. The van der Waals surface area contributed by atoms with E-state index >= 15 is 0 Å². The Morgan fingerprint density at radius 3 is 0.565 bits per heavy atom. The standard InChI is InChI=1S/C30H26O12P4/c31-43(32,33)23-9-1-19(2-10-23)27-17-29(21-5-13-25(14-6-21)45(37,38)39)30(22-7-15-26(16-8-22)46(40,41)42)18-28(27)20-3-11-24(12-4-20)44(34,35)36/h1-18H,(H2,31,32,33)(H2,34,35,36)(H2,37,38,39)(H2,40,41,42). The van der Waals surface area contributed by atoms with Crippen molar-refractivity contribution >= 4 is 51.6 Å². The van der Waals surface area contributed by atoms with Crippen molar-refractivity contribution in [2.45, 2.75) is 0 Å². The van der Waals surface area contributed by atoms with Gasteiger partial charge in [-0.1, -0.05) is 48.5 Å². The van der Waals surface area contributed by atoms with E-state index in [1.165, 1.54) is 97.1 Å². The third kappa shape index (κ3) is 7.46. The van der Waals surface area contributed by atoms with Crippen LogP contribution in [0.1, 0.15) is 0 Å². The topological polar surface area (TPSA) is 230 Å². The van der Waals surface area contributed by atoms with E-state index in [-0.39, 0.29) is 21.2 Å². The summed E-state index contributed by atoms with van der Waals surface area (Å²) in [5.74, 6) is 0. The molecular formula is C30H26O12P4. The van der Waals surface area contributed by atoms with Crippen LogP contribution in [0.3, 0.4) is 0 Å².